The molecule has 1 aromatic heterocycles. The molecule has 0 bridgehead atoms. The molecule has 0 saturated heterocycles. The third-order valence-electron chi connectivity index (χ3n) is 2.20. The molecule has 0 aliphatic carbocycles. The molecule has 2 N–H and O–H groups in total. The highest BCUT2D eigenvalue weighted by atomic mass is 19.1. The van der Waals surface area contributed by atoms with E-state index in [0.29, 0.717) is 0 Å². The number of Topliss-reactive ketones (excluding diaryl/α,β-unsaturated/α-hetero) is 1. The number of aromatic amines is 1. The molecule has 2 rings (SSSR count). The van der Waals surface area contributed by atoms with Crippen molar-refractivity contribution >= 4 is 11.8 Å². The summed E-state index contributed by atoms with van der Waals surface area (Å²) >= 11 is 0. The summed E-state index contributed by atoms with van der Waals surface area (Å²) in [7, 11) is 0. The van der Waals surface area contributed by atoms with E-state index in [4.69, 9.17) is 5.11 Å². The van der Waals surface area contributed by atoms with Crippen molar-refractivity contribution < 1.29 is 23.5 Å². The summed E-state index contributed by atoms with van der Waals surface area (Å²) in [5.41, 5.74) is -0.486. The van der Waals surface area contributed by atoms with Gasteiger partial charge in [0.15, 0.2) is 0 Å². The van der Waals surface area contributed by atoms with Crippen LogP contribution in [0.3, 0.4) is 0 Å². The SMILES string of the molecule is O=C(O)C(=O)c1cnc(-c2cc(F)ccc2F)[nH]1. The van der Waals surface area contributed by atoms with Gasteiger partial charge in [-0.2, -0.15) is 0 Å². The summed E-state index contributed by atoms with van der Waals surface area (Å²) in [6.45, 7) is 0. The minimum atomic E-state index is -1.66. The highest BCUT2D eigenvalue weighted by molar-refractivity contribution is 6.39. The topological polar surface area (TPSA) is 83.0 Å². The number of H-pyrrole nitrogens is 1. The van der Waals surface area contributed by atoms with Crippen LogP contribution < -0.4 is 0 Å². The van der Waals surface area contributed by atoms with Crippen LogP contribution in [0.1, 0.15) is 10.5 Å². The Hall–Kier alpha value is -2.57. The standard InChI is InChI=1S/C11H6F2N2O3/c12-5-1-2-7(13)6(3-5)10-14-4-8(15-10)9(16)11(17)18/h1-4H,(H,14,15)(H,17,18). The van der Waals surface area contributed by atoms with Crippen molar-refractivity contribution in [2.45, 2.75) is 0 Å². The van der Waals surface area contributed by atoms with E-state index in [-0.39, 0.29) is 17.1 Å². The number of halogens is 2. The number of hydrogen-bond acceptors (Lipinski definition) is 3. The van der Waals surface area contributed by atoms with E-state index in [1.165, 1.54) is 0 Å². The van der Waals surface area contributed by atoms with Crippen LogP contribution in [0.2, 0.25) is 0 Å². The molecule has 0 saturated carbocycles. The fraction of sp³-hybridized carbons (Fsp3) is 0. The maximum absolute atomic E-state index is 13.4. The summed E-state index contributed by atoms with van der Waals surface area (Å²) in [5.74, 6) is -4.39. The Kier molecular flexibility index (Phi) is 2.88. The molecule has 0 aliphatic heterocycles. The van der Waals surface area contributed by atoms with E-state index in [2.05, 4.69) is 9.97 Å². The van der Waals surface area contributed by atoms with Crippen molar-refractivity contribution in [1.82, 2.24) is 9.97 Å². The van der Waals surface area contributed by atoms with E-state index >= 15 is 0 Å². The monoisotopic (exact) mass is 252 g/mol. The number of ketones is 1. The van der Waals surface area contributed by atoms with Gasteiger partial charge in [-0.1, -0.05) is 0 Å². The first-order valence-corrected chi connectivity index (χ1v) is 4.77. The number of carboxylic acids is 1. The van der Waals surface area contributed by atoms with E-state index in [1.54, 1.807) is 0 Å². The highest BCUT2D eigenvalue weighted by Crippen LogP contribution is 2.20. The summed E-state index contributed by atoms with van der Waals surface area (Å²) < 4.78 is 26.4. The van der Waals surface area contributed by atoms with Gasteiger partial charge in [-0.05, 0) is 18.2 Å². The number of benzene rings is 1. The van der Waals surface area contributed by atoms with Gasteiger partial charge in [0.2, 0.25) is 0 Å². The van der Waals surface area contributed by atoms with Gasteiger partial charge in [0.05, 0.1) is 11.8 Å². The largest absolute Gasteiger partial charge is 0.475 e. The number of carbonyl (C=O) groups is 2. The molecule has 18 heavy (non-hydrogen) atoms. The lowest BCUT2D eigenvalue weighted by Gasteiger charge is -1.99. The number of carboxylic acid groups (broad SMARTS) is 1. The van der Waals surface area contributed by atoms with Crippen molar-refractivity contribution in [1.29, 1.82) is 0 Å². The van der Waals surface area contributed by atoms with Crippen molar-refractivity contribution in [3.05, 3.63) is 41.7 Å². The quantitative estimate of drug-likeness (QED) is 0.642. The second kappa shape index (κ2) is 4.36. The first kappa shape index (κ1) is 11.9. The third kappa shape index (κ3) is 2.10. The van der Waals surface area contributed by atoms with Crippen LogP contribution in [0.25, 0.3) is 11.4 Å². The summed E-state index contributed by atoms with van der Waals surface area (Å²) in [6, 6.07) is 2.74. The lowest BCUT2D eigenvalue weighted by molar-refractivity contribution is -0.131. The van der Waals surface area contributed by atoms with Crippen molar-refractivity contribution in [2.75, 3.05) is 0 Å². The molecular weight excluding hydrogens is 246 g/mol. The minimum Gasteiger partial charge on any atom is -0.475 e. The van der Waals surface area contributed by atoms with Crippen LogP contribution in [0.5, 0.6) is 0 Å². The summed E-state index contributed by atoms with van der Waals surface area (Å²) in [4.78, 5) is 27.5. The first-order valence-electron chi connectivity index (χ1n) is 4.77. The molecule has 1 aromatic carbocycles. The van der Waals surface area contributed by atoms with Crippen molar-refractivity contribution in [3.8, 4) is 11.4 Å². The molecular formula is C11H6F2N2O3. The van der Waals surface area contributed by atoms with Crippen LogP contribution in [0.15, 0.2) is 24.4 Å². The summed E-state index contributed by atoms with van der Waals surface area (Å²) in [6.07, 6.45) is 0.954. The number of aliphatic carboxylic acids is 1. The number of hydrogen-bond donors (Lipinski definition) is 2. The van der Waals surface area contributed by atoms with E-state index in [1.807, 2.05) is 0 Å². The number of rotatable bonds is 3. The third-order valence-corrected chi connectivity index (χ3v) is 2.20. The van der Waals surface area contributed by atoms with Gasteiger partial charge in [-0.3, -0.25) is 4.79 Å². The zero-order valence-corrected chi connectivity index (χ0v) is 8.78. The minimum absolute atomic E-state index is 0.114. The Balaban J connectivity index is 2.44. The maximum Gasteiger partial charge on any atom is 0.378 e. The average molecular weight is 252 g/mol. The van der Waals surface area contributed by atoms with Gasteiger partial charge in [0, 0.05) is 0 Å². The highest BCUT2D eigenvalue weighted by Gasteiger charge is 2.18. The van der Waals surface area contributed by atoms with Gasteiger partial charge in [0.25, 0.3) is 5.78 Å². The molecule has 0 radical (unpaired) electrons. The summed E-state index contributed by atoms with van der Waals surface area (Å²) in [5, 5.41) is 8.48. The van der Waals surface area contributed by atoms with Crippen LogP contribution in [0.4, 0.5) is 8.78 Å². The normalized spacial score (nSPS) is 10.3. The molecule has 0 unspecified atom stereocenters. The number of nitrogens with one attached hydrogen (secondary N) is 1. The number of carbonyl (C=O) groups excluding carboxylic acids is 1. The van der Waals surface area contributed by atoms with E-state index in [9.17, 15) is 18.4 Å². The molecule has 7 heteroatoms. The van der Waals surface area contributed by atoms with E-state index < -0.39 is 23.4 Å². The predicted octanol–water partition coefficient (Wildman–Crippen LogP) is 1.62. The van der Waals surface area contributed by atoms with Gasteiger partial charge in [-0.15, -0.1) is 0 Å². The molecule has 0 fully saturated rings. The second-order valence-electron chi connectivity index (χ2n) is 3.40. The predicted molar refractivity (Wildman–Crippen MR) is 55.9 cm³/mol. The first-order chi connectivity index (χ1) is 8.49. The maximum atomic E-state index is 13.4. The fourth-order valence-electron chi connectivity index (χ4n) is 1.37. The van der Waals surface area contributed by atoms with Crippen LogP contribution in [0, 0.1) is 11.6 Å². The Morgan fingerprint density at radius 1 is 1.28 bits per heavy atom. The van der Waals surface area contributed by atoms with Crippen LogP contribution in [-0.2, 0) is 4.79 Å². The molecule has 0 aliphatic rings. The van der Waals surface area contributed by atoms with Gasteiger partial charge in [-0.25, -0.2) is 18.6 Å². The van der Waals surface area contributed by atoms with Gasteiger partial charge in [0.1, 0.15) is 23.2 Å². The molecule has 1 heterocycles. The molecule has 0 spiro atoms. The van der Waals surface area contributed by atoms with E-state index in [0.717, 1.165) is 24.4 Å². The smallest absolute Gasteiger partial charge is 0.378 e. The van der Waals surface area contributed by atoms with Crippen LogP contribution >= 0.6 is 0 Å². The average Bonchev–Trinajstić information content (AvgIpc) is 2.80. The van der Waals surface area contributed by atoms with Crippen molar-refractivity contribution in [3.63, 3.8) is 0 Å². The fourth-order valence-corrected chi connectivity index (χ4v) is 1.37. The lowest BCUT2D eigenvalue weighted by atomic mass is 10.2. The molecule has 0 atom stereocenters. The molecule has 2 aromatic rings. The van der Waals surface area contributed by atoms with Crippen LogP contribution in [-0.4, -0.2) is 26.8 Å². The number of imidazole rings is 1. The molecule has 5 nitrogen and oxygen atoms in total. The number of aromatic nitrogens is 2. The Morgan fingerprint density at radius 3 is 2.67 bits per heavy atom. The van der Waals surface area contributed by atoms with Gasteiger partial charge >= 0.3 is 5.97 Å². The molecule has 92 valence electrons. The zero-order valence-electron chi connectivity index (χ0n) is 8.78. The molecule has 0 amide bonds. The Bertz CT molecular complexity index is 637. The second-order valence-corrected chi connectivity index (χ2v) is 3.40. The Labute approximate surface area is 99.1 Å². The number of nitrogens with zero attached hydrogens (tertiary/aromatic N) is 1. The lowest BCUT2D eigenvalue weighted by Crippen LogP contribution is -2.12. The zero-order chi connectivity index (χ0) is 13.3. The van der Waals surface area contributed by atoms with Gasteiger partial charge < -0.3 is 10.1 Å². The van der Waals surface area contributed by atoms with Crippen molar-refractivity contribution in [2.24, 2.45) is 0 Å². The Morgan fingerprint density at radius 2 is 2.00 bits per heavy atom.